The van der Waals surface area contributed by atoms with E-state index in [1.165, 1.54) is 0 Å². The van der Waals surface area contributed by atoms with Crippen molar-refractivity contribution < 1.29 is 4.79 Å². The lowest BCUT2D eigenvalue weighted by Gasteiger charge is -2.09. The summed E-state index contributed by atoms with van der Waals surface area (Å²) in [6, 6.07) is 19.8. The zero-order chi connectivity index (χ0) is 22.0. The van der Waals surface area contributed by atoms with Crippen LogP contribution < -0.4 is 5.32 Å². The molecule has 6 nitrogen and oxygen atoms in total. The van der Waals surface area contributed by atoms with Crippen LogP contribution in [0.2, 0.25) is 0 Å². The predicted octanol–water partition coefficient (Wildman–Crippen LogP) is 4.28. The Hall–Kier alpha value is -3.67. The van der Waals surface area contributed by atoms with Gasteiger partial charge in [0, 0.05) is 29.1 Å². The molecule has 4 aromatic rings. The smallest absolute Gasteiger partial charge is 0.251 e. The zero-order valence-corrected chi connectivity index (χ0v) is 18.4. The maximum atomic E-state index is 12.8. The number of hydrogen-bond donors (Lipinski definition) is 1. The number of nitrogens with zero attached hydrogens (tertiary/aromatic N) is 4. The summed E-state index contributed by atoms with van der Waals surface area (Å²) in [4.78, 5) is 12.8. The van der Waals surface area contributed by atoms with Crippen LogP contribution in [-0.4, -0.2) is 25.5 Å². The Morgan fingerprint density at radius 2 is 1.71 bits per heavy atom. The van der Waals surface area contributed by atoms with Gasteiger partial charge in [0.2, 0.25) is 0 Å². The summed E-state index contributed by atoms with van der Waals surface area (Å²) >= 11 is 0. The molecule has 0 atom stereocenters. The quantitative estimate of drug-likeness (QED) is 0.513. The average Bonchev–Trinajstić information content (AvgIpc) is 3.23. The SMILES string of the molecule is Cc1cc(C)n(Cc2cccc(C(=O)NCc3c(C)nn(-c4ccccc4)c3C)c2)n1. The minimum atomic E-state index is -0.0959. The topological polar surface area (TPSA) is 64.7 Å². The fourth-order valence-electron chi connectivity index (χ4n) is 3.84. The second kappa shape index (κ2) is 8.60. The number of rotatable bonds is 6. The largest absolute Gasteiger partial charge is 0.348 e. The van der Waals surface area contributed by atoms with Gasteiger partial charge in [-0.25, -0.2) is 4.68 Å². The van der Waals surface area contributed by atoms with E-state index >= 15 is 0 Å². The third kappa shape index (κ3) is 4.43. The van der Waals surface area contributed by atoms with Gasteiger partial charge in [0.1, 0.15) is 0 Å². The highest BCUT2D eigenvalue weighted by Gasteiger charge is 2.14. The Morgan fingerprint density at radius 3 is 2.42 bits per heavy atom. The van der Waals surface area contributed by atoms with Gasteiger partial charge in [0.15, 0.2) is 0 Å². The molecule has 0 saturated heterocycles. The molecule has 2 heterocycles. The van der Waals surface area contributed by atoms with Crippen molar-refractivity contribution in [3.63, 3.8) is 0 Å². The summed E-state index contributed by atoms with van der Waals surface area (Å²) in [5.74, 6) is -0.0959. The molecular weight excluding hydrogens is 386 g/mol. The van der Waals surface area contributed by atoms with Gasteiger partial charge >= 0.3 is 0 Å². The first-order chi connectivity index (χ1) is 14.9. The van der Waals surface area contributed by atoms with Gasteiger partial charge in [-0.15, -0.1) is 0 Å². The van der Waals surface area contributed by atoms with Crippen molar-refractivity contribution >= 4 is 5.91 Å². The van der Waals surface area contributed by atoms with E-state index in [0.29, 0.717) is 18.7 Å². The first-order valence-electron chi connectivity index (χ1n) is 10.4. The summed E-state index contributed by atoms with van der Waals surface area (Å²) in [6.45, 7) is 9.11. The predicted molar refractivity (Wildman–Crippen MR) is 121 cm³/mol. The third-order valence-electron chi connectivity index (χ3n) is 5.49. The molecule has 0 spiro atoms. The Labute approximate surface area is 182 Å². The highest BCUT2D eigenvalue weighted by atomic mass is 16.1. The molecule has 0 saturated carbocycles. The molecule has 4 rings (SSSR count). The van der Waals surface area contributed by atoms with E-state index < -0.39 is 0 Å². The molecule has 0 unspecified atom stereocenters. The van der Waals surface area contributed by atoms with E-state index in [-0.39, 0.29) is 5.91 Å². The zero-order valence-electron chi connectivity index (χ0n) is 18.4. The normalized spacial score (nSPS) is 11.0. The summed E-state index contributed by atoms with van der Waals surface area (Å²) in [5, 5.41) is 12.2. The summed E-state index contributed by atoms with van der Waals surface area (Å²) in [7, 11) is 0. The van der Waals surface area contributed by atoms with Crippen LogP contribution in [0.5, 0.6) is 0 Å². The Kier molecular flexibility index (Phi) is 5.71. The first kappa shape index (κ1) is 20.6. The molecule has 1 amide bonds. The van der Waals surface area contributed by atoms with Gasteiger partial charge in [-0.05, 0) is 63.6 Å². The van der Waals surface area contributed by atoms with E-state index in [2.05, 4.69) is 21.6 Å². The van der Waals surface area contributed by atoms with Gasteiger partial charge in [-0.2, -0.15) is 10.2 Å². The molecule has 0 aliphatic heterocycles. The minimum Gasteiger partial charge on any atom is -0.348 e. The summed E-state index contributed by atoms with van der Waals surface area (Å²) in [5.41, 5.74) is 7.78. The summed E-state index contributed by atoms with van der Waals surface area (Å²) in [6.07, 6.45) is 0. The molecule has 31 heavy (non-hydrogen) atoms. The van der Waals surface area contributed by atoms with Crippen LogP contribution in [0, 0.1) is 27.7 Å². The van der Waals surface area contributed by atoms with Crippen LogP contribution in [0.3, 0.4) is 0 Å². The third-order valence-corrected chi connectivity index (χ3v) is 5.49. The number of carbonyl (C=O) groups is 1. The van der Waals surface area contributed by atoms with E-state index in [0.717, 1.165) is 39.6 Å². The number of para-hydroxylation sites is 1. The Bertz CT molecular complexity index is 1220. The van der Waals surface area contributed by atoms with E-state index in [1.807, 2.05) is 91.7 Å². The van der Waals surface area contributed by atoms with Crippen molar-refractivity contribution in [3.05, 3.63) is 100 Å². The molecule has 0 bridgehead atoms. The second-order valence-electron chi connectivity index (χ2n) is 7.86. The van der Waals surface area contributed by atoms with Crippen molar-refractivity contribution in [2.24, 2.45) is 0 Å². The van der Waals surface area contributed by atoms with E-state index in [4.69, 9.17) is 0 Å². The number of benzene rings is 2. The van der Waals surface area contributed by atoms with Crippen LogP contribution in [0.15, 0.2) is 60.7 Å². The fraction of sp³-hybridized carbons (Fsp3) is 0.240. The van der Waals surface area contributed by atoms with Crippen LogP contribution in [0.4, 0.5) is 0 Å². The molecule has 0 aliphatic rings. The lowest BCUT2D eigenvalue weighted by Crippen LogP contribution is -2.23. The molecule has 0 fully saturated rings. The molecule has 0 aliphatic carbocycles. The molecule has 2 aromatic carbocycles. The van der Waals surface area contributed by atoms with Crippen molar-refractivity contribution in [1.82, 2.24) is 24.9 Å². The molecule has 1 N–H and O–H groups in total. The van der Waals surface area contributed by atoms with Crippen LogP contribution in [0.25, 0.3) is 5.69 Å². The highest BCUT2D eigenvalue weighted by molar-refractivity contribution is 5.94. The molecule has 2 aromatic heterocycles. The second-order valence-corrected chi connectivity index (χ2v) is 7.86. The fourth-order valence-corrected chi connectivity index (χ4v) is 3.84. The van der Waals surface area contributed by atoms with Crippen molar-refractivity contribution in [2.75, 3.05) is 0 Å². The number of hydrogen-bond acceptors (Lipinski definition) is 3. The molecular formula is C25H27N5O. The lowest BCUT2D eigenvalue weighted by atomic mass is 10.1. The summed E-state index contributed by atoms with van der Waals surface area (Å²) < 4.78 is 3.88. The van der Waals surface area contributed by atoms with Gasteiger partial charge in [-0.3, -0.25) is 9.48 Å². The highest BCUT2D eigenvalue weighted by Crippen LogP contribution is 2.18. The van der Waals surface area contributed by atoms with Crippen molar-refractivity contribution in [1.29, 1.82) is 0 Å². The minimum absolute atomic E-state index is 0.0959. The lowest BCUT2D eigenvalue weighted by molar-refractivity contribution is 0.0950. The van der Waals surface area contributed by atoms with Crippen LogP contribution in [0.1, 0.15) is 44.3 Å². The van der Waals surface area contributed by atoms with Crippen molar-refractivity contribution in [2.45, 2.75) is 40.8 Å². The number of carbonyl (C=O) groups excluding carboxylic acids is 1. The Morgan fingerprint density at radius 1 is 0.935 bits per heavy atom. The first-order valence-corrected chi connectivity index (χ1v) is 10.4. The standard InChI is InChI=1S/C25H27N5O/c1-17-13-18(2)29(27-17)16-21-9-8-10-22(14-21)25(31)26-15-24-19(3)28-30(20(24)4)23-11-6-5-7-12-23/h5-14H,15-16H2,1-4H3,(H,26,31). The van der Waals surface area contributed by atoms with Crippen LogP contribution >= 0.6 is 0 Å². The number of aromatic nitrogens is 4. The Balaban J connectivity index is 1.47. The maximum absolute atomic E-state index is 12.8. The number of nitrogens with one attached hydrogen (secondary N) is 1. The number of amides is 1. The number of aryl methyl sites for hydroxylation is 3. The van der Waals surface area contributed by atoms with E-state index in [1.54, 1.807) is 0 Å². The van der Waals surface area contributed by atoms with Crippen molar-refractivity contribution in [3.8, 4) is 5.69 Å². The average molecular weight is 414 g/mol. The van der Waals surface area contributed by atoms with E-state index in [9.17, 15) is 4.79 Å². The molecule has 0 radical (unpaired) electrons. The monoisotopic (exact) mass is 413 g/mol. The van der Waals surface area contributed by atoms with Gasteiger partial charge in [-0.1, -0.05) is 30.3 Å². The van der Waals surface area contributed by atoms with Crippen LogP contribution in [-0.2, 0) is 13.1 Å². The molecule has 6 heteroatoms. The molecule has 158 valence electrons. The van der Waals surface area contributed by atoms with Gasteiger partial charge in [0.05, 0.1) is 23.6 Å². The van der Waals surface area contributed by atoms with Gasteiger partial charge in [0.25, 0.3) is 5.91 Å². The van der Waals surface area contributed by atoms with Gasteiger partial charge < -0.3 is 5.32 Å². The maximum Gasteiger partial charge on any atom is 0.251 e.